The van der Waals surface area contributed by atoms with Crippen LogP contribution in [-0.2, 0) is 0 Å². The van der Waals surface area contributed by atoms with Crippen LogP contribution in [0.5, 0.6) is 11.5 Å². The molecule has 0 aliphatic rings. The molecule has 0 heterocycles. The summed E-state index contributed by atoms with van der Waals surface area (Å²) >= 11 is 0. The molecule has 1 atom stereocenters. The molecule has 0 bridgehead atoms. The van der Waals surface area contributed by atoms with Crippen LogP contribution < -0.4 is 15.2 Å². The van der Waals surface area contributed by atoms with Crippen LogP contribution >= 0.6 is 0 Å². The highest BCUT2D eigenvalue weighted by molar-refractivity contribution is 5.42. The quantitative estimate of drug-likeness (QED) is 0.937. The number of methoxy groups -OCH3 is 1. The van der Waals surface area contributed by atoms with Crippen molar-refractivity contribution in [1.82, 2.24) is 0 Å². The highest BCUT2D eigenvalue weighted by Gasteiger charge is 2.31. The lowest BCUT2D eigenvalue weighted by molar-refractivity contribution is -0.274. The van der Waals surface area contributed by atoms with Crippen molar-refractivity contribution in [1.29, 1.82) is 0 Å². The maximum atomic E-state index is 12.1. The van der Waals surface area contributed by atoms with E-state index in [4.69, 9.17) is 10.5 Å². The van der Waals surface area contributed by atoms with E-state index in [1.165, 1.54) is 31.4 Å². The Morgan fingerprint density at radius 1 is 1.00 bits per heavy atom. The molecule has 112 valence electrons. The van der Waals surface area contributed by atoms with Gasteiger partial charge in [0.25, 0.3) is 0 Å². The number of hydrogen-bond acceptors (Lipinski definition) is 3. The molecule has 2 N–H and O–H groups in total. The van der Waals surface area contributed by atoms with Gasteiger partial charge >= 0.3 is 6.36 Å². The summed E-state index contributed by atoms with van der Waals surface area (Å²) in [6.07, 6.45) is -4.70. The number of rotatable bonds is 4. The second-order valence-corrected chi connectivity index (χ2v) is 4.34. The molecular formula is C15H14F3NO2. The van der Waals surface area contributed by atoms with Gasteiger partial charge in [0.15, 0.2) is 0 Å². The molecule has 2 rings (SSSR count). The minimum atomic E-state index is -4.70. The van der Waals surface area contributed by atoms with Crippen LogP contribution in [0.2, 0.25) is 0 Å². The summed E-state index contributed by atoms with van der Waals surface area (Å²) in [4.78, 5) is 0. The molecule has 0 saturated heterocycles. The highest BCUT2D eigenvalue weighted by atomic mass is 19.4. The van der Waals surface area contributed by atoms with Gasteiger partial charge in [0.05, 0.1) is 13.2 Å². The Hall–Kier alpha value is -2.21. The van der Waals surface area contributed by atoms with Crippen LogP contribution in [0.3, 0.4) is 0 Å². The molecule has 21 heavy (non-hydrogen) atoms. The summed E-state index contributed by atoms with van der Waals surface area (Å²) in [6.45, 7) is 0. The average molecular weight is 297 g/mol. The molecule has 0 radical (unpaired) electrons. The number of nitrogens with two attached hydrogens (primary N) is 1. The first-order valence-corrected chi connectivity index (χ1v) is 6.15. The van der Waals surface area contributed by atoms with Gasteiger partial charge in [0.1, 0.15) is 11.5 Å². The Kier molecular flexibility index (Phi) is 4.37. The maximum Gasteiger partial charge on any atom is 0.573 e. The van der Waals surface area contributed by atoms with E-state index in [2.05, 4.69) is 4.74 Å². The van der Waals surface area contributed by atoms with Gasteiger partial charge in [0, 0.05) is 5.56 Å². The van der Waals surface area contributed by atoms with Crippen LogP contribution in [0.1, 0.15) is 17.2 Å². The van der Waals surface area contributed by atoms with E-state index in [0.717, 1.165) is 5.56 Å². The number of ether oxygens (including phenoxy) is 2. The summed E-state index contributed by atoms with van der Waals surface area (Å²) in [5.41, 5.74) is 7.54. The van der Waals surface area contributed by atoms with Crippen molar-refractivity contribution in [2.24, 2.45) is 5.73 Å². The van der Waals surface area contributed by atoms with E-state index in [0.29, 0.717) is 11.3 Å². The van der Waals surface area contributed by atoms with Crippen molar-refractivity contribution < 1.29 is 22.6 Å². The molecule has 0 aromatic heterocycles. The van der Waals surface area contributed by atoms with E-state index in [9.17, 15) is 13.2 Å². The SMILES string of the molecule is COc1ccccc1[C@@H](N)c1ccc(OC(F)(F)F)cc1. The number of halogens is 3. The lowest BCUT2D eigenvalue weighted by Gasteiger charge is -2.16. The summed E-state index contributed by atoms with van der Waals surface area (Å²) < 4.78 is 45.3. The topological polar surface area (TPSA) is 44.5 Å². The van der Waals surface area contributed by atoms with Crippen LogP contribution in [-0.4, -0.2) is 13.5 Å². The fourth-order valence-corrected chi connectivity index (χ4v) is 1.98. The first-order valence-electron chi connectivity index (χ1n) is 6.15. The number of alkyl halides is 3. The second-order valence-electron chi connectivity index (χ2n) is 4.34. The molecular weight excluding hydrogens is 283 g/mol. The zero-order valence-electron chi connectivity index (χ0n) is 11.2. The van der Waals surface area contributed by atoms with Gasteiger partial charge in [-0.15, -0.1) is 13.2 Å². The fourth-order valence-electron chi connectivity index (χ4n) is 1.98. The third kappa shape index (κ3) is 3.88. The van der Waals surface area contributed by atoms with Crippen molar-refractivity contribution in [3.8, 4) is 11.5 Å². The van der Waals surface area contributed by atoms with Crippen molar-refractivity contribution in [2.75, 3.05) is 7.11 Å². The van der Waals surface area contributed by atoms with Crippen LogP contribution in [0, 0.1) is 0 Å². The number of hydrogen-bond donors (Lipinski definition) is 1. The summed E-state index contributed by atoms with van der Waals surface area (Å²) in [6, 6.07) is 12.2. The molecule has 0 aliphatic heterocycles. The Morgan fingerprint density at radius 2 is 1.62 bits per heavy atom. The van der Waals surface area contributed by atoms with E-state index < -0.39 is 12.4 Å². The molecule has 0 fully saturated rings. The molecule has 2 aromatic carbocycles. The Balaban J connectivity index is 2.22. The average Bonchev–Trinajstić information content (AvgIpc) is 2.45. The van der Waals surface area contributed by atoms with Crippen LogP contribution in [0.4, 0.5) is 13.2 Å². The predicted octanol–water partition coefficient (Wildman–Crippen LogP) is 3.64. The molecule has 0 saturated carbocycles. The molecule has 0 amide bonds. The van der Waals surface area contributed by atoms with Crippen molar-refractivity contribution in [3.05, 3.63) is 59.7 Å². The summed E-state index contributed by atoms with van der Waals surface area (Å²) in [5, 5.41) is 0. The second kappa shape index (κ2) is 6.05. The third-order valence-electron chi connectivity index (χ3n) is 2.95. The molecule has 0 spiro atoms. The zero-order valence-corrected chi connectivity index (χ0v) is 11.2. The van der Waals surface area contributed by atoms with E-state index in [1.54, 1.807) is 6.07 Å². The molecule has 0 unspecified atom stereocenters. The van der Waals surface area contributed by atoms with Crippen LogP contribution in [0.15, 0.2) is 48.5 Å². The van der Waals surface area contributed by atoms with Gasteiger partial charge in [-0.25, -0.2) is 0 Å². The lowest BCUT2D eigenvalue weighted by Crippen LogP contribution is -2.17. The predicted molar refractivity (Wildman–Crippen MR) is 72.1 cm³/mol. The maximum absolute atomic E-state index is 12.1. The smallest absolute Gasteiger partial charge is 0.496 e. The van der Waals surface area contributed by atoms with Gasteiger partial charge in [-0.1, -0.05) is 30.3 Å². The normalized spacial score (nSPS) is 12.8. The van der Waals surface area contributed by atoms with Gasteiger partial charge < -0.3 is 15.2 Å². The molecule has 3 nitrogen and oxygen atoms in total. The van der Waals surface area contributed by atoms with Crippen molar-refractivity contribution in [3.63, 3.8) is 0 Å². The fraction of sp³-hybridized carbons (Fsp3) is 0.200. The van der Waals surface area contributed by atoms with Gasteiger partial charge in [-0.2, -0.15) is 0 Å². The third-order valence-corrected chi connectivity index (χ3v) is 2.95. The highest BCUT2D eigenvalue weighted by Crippen LogP contribution is 2.30. The number of benzene rings is 2. The first-order chi connectivity index (χ1) is 9.90. The standard InChI is InChI=1S/C15H14F3NO2/c1-20-13-5-3-2-4-12(13)14(19)10-6-8-11(9-7-10)21-15(16,17)18/h2-9,14H,19H2,1H3/t14-/m0/s1. The van der Waals surface area contributed by atoms with Gasteiger partial charge in [0.2, 0.25) is 0 Å². The van der Waals surface area contributed by atoms with Crippen molar-refractivity contribution >= 4 is 0 Å². The minimum Gasteiger partial charge on any atom is -0.496 e. The molecule has 6 heteroatoms. The monoisotopic (exact) mass is 297 g/mol. The van der Waals surface area contributed by atoms with Gasteiger partial charge in [-0.3, -0.25) is 0 Å². The van der Waals surface area contributed by atoms with E-state index >= 15 is 0 Å². The molecule has 2 aromatic rings. The van der Waals surface area contributed by atoms with Gasteiger partial charge in [-0.05, 0) is 23.8 Å². The molecule has 0 aliphatic carbocycles. The minimum absolute atomic E-state index is 0.279. The summed E-state index contributed by atoms with van der Waals surface area (Å²) in [7, 11) is 1.53. The summed E-state index contributed by atoms with van der Waals surface area (Å²) in [5.74, 6) is 0.346. The Labute approximate surface area is 120 Å². The zero-order chi connectivity index (χ0) is 15.5. The van der Waals surface area contributed by atoms with E-state index in [1.807, 2.05) is 18.2 Å². The largest absolute Gasteiger partial charge is 0.573 e. The lowest BCUT2D eigenvalue weighted by atomic mass is 9.99. The van der Waals surface area contributed by atoms with Crippen molar-refractivity contribution in [2.45, 2.75) is 12.4 Å². The first kappa shape index (κ1) is 15.2. The number of para-hydroxylation sites is 1. The van der Waals surface area contributed by atoms with E-state index in [-0.39, 0.29) is 5.75 Å². The Bertz CT molecular complexity index is 597. The van der Waals surface area contributed by atoms with Crippen LogP contribution in [0.25, 0.3) is 0 Å². The Morgan fingerprint density at radius 3 is 2.19 bits per heavy atom.